The van der Waals surface area contributed by atoms with Crippen LogP contribution in [0.5, 0.6) is 0 Å². The molecule has 0 spiro atoms. The van der Waals surface area contributed by atoms with Crippen LogP contribution in [-0.4, -0.2) is 22.4 Å². The van der Waals surface area contributed by atoms with Crippen molar-refractivity contribution < 1.29 is 10.2 Å². The van der Waals surface area contributed by atoms with Crippen LogP contribution in [0, 0.1) is 5.41 Å². The van der Waals surface area contributed by atoms with E-state index >= 15 is 0 Å². The molecule has 2 N–H and O–H groups in total. The lowest BCUT2D eigenvalue weighted by Gasteiger charge is -2.24. The van der Waals surface area contributed by atoms with Crippen LogP contribution < -0.4 is 0 Å². The van der Waals surface area contributed by atoms with Gasteiger partial charge >= 0.3 is 0 Å². The Morgan fingerprint density at radius 1 is 1.13 bits per heavy atom. The standard InChI is InChI=1S/C13H18O2/c1-9(14)13(10(2)15)8-12(13)11-6-4-3-5-7-11/h3-7,9-10,12,14-15H,8H2,1-2H3. The fourth-order valence-electron chi connectivity index (χ4n) is 2.68. The Balaban J connectivity index is 2.23. The first-order valence-electron chi connectivity index (χ1n) is 5.50. The Hall–Kier alpha value is -0.860. The van der Waals surface area contributed by atoms with Gasteiger partial charge < -0.3 is 10.2 Å². The second kappa shape index (κ2) is 3.62. The maximum Gasteiger partial charge on any atom is 0.0599 e. The van der Waals surface area contributed by atoms with Gasteiger partial charge in [-0.1, -0.05) is 30.3 Å². The Kier molecular flexibility index (Phi) is 2.57. The first-order chi connectivity index (χ1) is 7.09. The minimum absolute atomic E-state index is 0.304. The average Bonchev–Trinajstić information content (AvgIpc) is 2.95. The minimum atomic E-state index is -0.456. The fraction of sp³-hybridized carbons (Fsp3) is 0.538. The van der Waals surface area contributed by atoms with Gasteiger partial charge in [0.25, 0.3) is 0 Å². The highest BCUT2D eigenvalue weighted by atomic mass is 16.3. The Morgan fingerprint density at radius 3 is 2.07 bits per heavy atom. The van der Waals surface area contributed by atoms with E-state index in [1.165, 1.54) is 5.56 Å². The van der Waals surface area contributed by atoms with E-state index < -0.39 is 12.2 Å². The third kappa shape index (κ3) is 1.58. The molecule has 1 fully saturated rings. The molecule has 1 aromatic carbocycles. The molecule has 1 saturated carbocycles. The topological polar surface area (TPSA) is 40.5 Å². The molecule has 2 rings (SSSR count). The third-order valence-corrected chi connectivity index (χ3v) is 3.80. The highest BCUT2D eigenvalue weighted by Gasteiger charge is 2.60. The second-order valence-corrected chi connectivity index (χ2v) is 4.63. The van der Waals surface area contributed by atoms with Crippen molar-refractivity contribution in [1.82, 2.24) is 0 Å². The van der Waals surface area contributed by atoms with Gasteiger partial charge in [-0.25, -0.2) is 0 Å². The van der Waals surface area contributed by atoms with Gasteiger partial charge in [0.1, 0.15) is 0 Å². The normalized spacial score (nSPS) is 33.5. The van der Waals surface area contributed by atoms with Crippen LogP contribution in [0.25, 0.3) is 0 Å². The number of hydrogen-bond donors (Lipinski definition) is 2. The summed E-state index contributed by atoms with van der Waals surface area (Å²) in [7, 11) is 0. The molecule has 3 unspecified atom stereocenters. The van der Waals surface area contributed by atoms with Gasteiger partial charge in [-0.3, -0.25) is 0 Å². The molecule has 1 aliphatic carbocycles. The summed E-state index contributed by atoms with van der Waals surface area (Å²) in [5.74, 6) is 0.304. The smallest absolute Gasteiger partial charge is 0.0599 e. The van der Waals surface area contributed by atoms with Crippen molar-refractivity contribution >= 4 is 0 Å². The van der Waals surface area contributed by atoms with Crippen molar-refractivity contribution in [1.29, 1.82) is 0 Å². The maximum absolute atomic E-state index is 9.78. The van der Waals surface area contributed by atoms with E-state index in [0.29, 0.717) is 5.92 Å². The van der Waals surface area contributed by atoms with Crippen molar-refractivity contribution in [3.63, 3.8) is 0 Å². The molecule has 3 atom stereocenters. The fourth-order valence-corrected chi connectivity index (χ4v) is 2.68. The van der Waals surface area contributed by atoms with Crippen molar-refractivity contribution in [2.75, 3.05) is 0 Å². The SMILES string of the molecule is CC(O)C1(C(C)O)CC1c1ccccc1. The summed E-state index contributed by atoms with van der Waals surface area (Å²) in [5, 5.41) is 19.6. The number of aliphatic hydroxyl groups excluding tert-OH is 2. The number of benzene rings is 1. The maximum atomic E-state index is 9.78. The van der Waals surface area contributed by atoms with E-state index in [1.807, 2.05) is 18.2 Å². The highest BCUT2D eigenvalue weighted by Crippen LogP contribution is 2.63. The van der Waals surface area contributed by atoms with Crippen LogP contribution in [0.1, 0.15) is 31.7 Å². The molecule has 15 heavy (non-hydrogen) atoms. The van der Waals surface area contributed by atoms with Gasteiger partial charge in [-0.05, 0) is 31.7 Å². The van der Waals surface area contributed by atoms with E-state index in [1.54, 1.807) is 13.8 Å². The average molecular weight is 206 g/mol. The predicted molar refractivity (Wildman–Crippen MR) is 59.6 cm³/mol. The summed E-state index contributed by atoms with van der Waals surface area (Å²) in [6.07, 6.45) is -0.0304. The Morgan fingerprint density at radius 2 is 1.67 bits per heavy atom. The Bertz CT molecular complexity index is 322. The van der Waals surface area contributed by atoms with Crippen LogP contribution in [0.4, 0.5) is 0 Å². The van der Waals surface area contributed by atoms with Crippen molar-refractivity contribution in [2.45, 2.75) is 38.4 Å². The molecule has 2 heteroatoms. The van der Waals surface area contributed by atoms with Crippen molar-refractivity contribution in [3.8, 4) is 0 Å². The van der Waals surface area contributed by atoms with E-state index in [0.717, 1.165) is 6.42 Å². The molecule has 1 aromatic rings. The third-order valence-electron chi connectivity index (χ3n) is 3.80. The molecule has 0 aliphatic heterocycles. The summed E-state index contributed by atoms with van der Waals surface area (Å²) in [4.78, 5) is 0. The zero-order chi connectivity index (χ0) is 11.1. The summed E-state index contributed by atoms with van der Waals surface area (Å²) in [6, 6.07) is 10.1. The van der Waals surface area contributed by atoms with Crippen LogP contribution in [0.15, 0.2) is 30.3 Å². The first kappa shape index (κ1) is 10.7. The molecule has 1 aliphatic rings. The van der Waals surface area contributed by atoms with Gasteiger partial charge in [0.15, 0.2) is 0 Å². The van der Waals surface area contributed by atoms with Crippen molar-refractivity contribution in [3.05, 3.63) is 35.9 Å². The van der Waals surface area contributed by atoms with Crippen LogP contribution in [0.3, 0.4) is 0 Å². The molecular formula is C13H18O2. The summed E-state index contributed by atoms with van der Waals surface area (Å²) in [5.41, 5.74) is 0.903. The van der Waals surface area contributed by atoms with Gasteiger partial charge in [0, 0.05) is 5.41 Å². The number of rotatable bonds is 3. The van der Waals surface area contributed by atoms with Gasteiger partial charge in [-0.2, -0.15) is 0 Å². The molecule has 2 nitrogen and oxygen atoms in total. The minimum Gasteiger partial charge on any atom is -0.393 e. The summed E-state index contributed by atoms with van der Waals surface area (Å²) in [6.45, 7) is 3.55. The van der Waals surface area contributed by atoms with Crippen LogP contribution >= 0.6 is 0 Å². The quantitative estimate of drug-likeness (QED) is 0.793. The molecule has 0 amide bonds. The van der Waals surface area contributed by atoms with Gasteiger partial charge in [0.05, 0.1) is 12.2 Å². The second-order valence-electron chi connectivity index (χ2n) is 4.63. The van der Waals surface area contributed by atoms with Crippen molar-refractivity contribution in [2.24, 2.45) is 5.41 Å². The number of hydrogen-bond acceptors (Lipinski definition) is 2. The van der Waals surface area contributed by atoms with Crippen LogP contribution in [0.2, 0.25) is 0 Å². The Labute approximate surface area is 90.6 Å². The predicted octanol–water partition coefficient (Wildman–Crippen LogP) is 1.92. The molecule has 0 bridgehead atoms. The molecule has 0 saturated heterocycles. The zero-order valence-electron chi connectivity index (χ0n) is 9.22. The lowest BCUT2D eigenvalue weighted by molar-refractivity contribution is 0.0103. The monoisotopic (exact) mass is 206 g/mol. The lowest BCUT2D eigenvalue weighted by Crippen LogP contribution is -2.31. The molecular weight excluding hydrogens is 188 g/mol. The first-order valence-corrected chi connectivity index (χ1v) is 5.50. The molecule has 82 valence electrons. The van der Waals surface area contributed by atoms with Crippen LogP contribution in [-0.2, 0) is 0 Å². The zero-order valence-corrected chi connectivity index (χ0v) is 9.22. The molecule has 0 heterocycles. The van der Waals surface area contributed by atoms with Gasteiger partial charge in [0.2, 0.25) is 0 Å². The van der Waals surface area contributed by atoms with E-state index in [4.69, 9.17) is 0 Å². The number of aliphatic hydroxyl groups is 2. The van der Waals surface area contributed by atoms with E-state index in [9.17, 15) is 10.2 Å². The summed E-state index contributed by atoms with van der Waals surface area (Å²) < 4.78 is 0. The van der Waals surface area contributed by atoms with E-state index in [-0.39, 0.29) is 5.41 Å². The van der Waals surface area contributed by atoms with E-state index in [2.05, 4.69) is 12.1 Å². The van der Waals surface area contributed by atoms with Gasteiger partial charge in [-0.15, -0.1) is 0 Å². The lowest BCUT2D eigenvalue weighted by atomic mass is 9.89. The summed E-state index contributed by atoms with van der Waals surface area (Å²) >= 11 is 0. The molecule has 0 radical (unpaired) electrons. The highest BCUT2D eigenvalue weighted by molar-refractivity contribution is 5.31. The largest absolute Gasteiger partial charge is 0.393 e. The molecule has 0 aromatic heterocycles.